The van der Waals surface area contributed by atoms with Crippen molar-refractivity contribution >= 4 is 23.6 Å². The van der Waals surface area contributed by atoms with E-state index in [4.69, 9.17) is 15.8 Å². The van der Waals surface area contributed by atoms with Crippen molar-refractivity contribution in [2.75, 3.05) is 6.26 Å². The summed E-state index contributed by atoms with van der Waals surface area (Å²) in [5.41, 5.74) is 1.03. The molecule has 0 fully saturated rings. The summed E-state index contributed by atoms with van der Waals surface area (Å²) in [6, 6.07) is 7.68. The van der Waals surface area contributed by atoms with Gasteiger partial charge in [0.1, 0.15) is 0 Å². The average Bonchev–Trinajstić information content (AvgIpc) is 2.03. The molecule has 0 radical (unpaired) electrons. The minimum atomic E-state index is 0.570. The monoisotopic (exact) mass is 188 g/mol. The molecule has 0 saturated carbocycles. The zero-order valence-electron chi connectivity index (χ0n) is 6.21. The van der Waals surface area contributed by atoms with Gasteiger partial charge in [0.25, 0.3) is 0 Å². The van der Waals surface area contributed by atoms with Gasteiger partial charge in [-0.05, 0) is 23.7 Å². The van der Waals surface area contributed by atoms with Gasteiger partial charge in [-0.2, -0.15) is 0 Å². The molecule has 0 N–H and O–H groups in total. The Bertz CT molecular complexity index is 227. The third-order valence-corrected chi connectivity index (χ3v) is 2.01. The fourth-order valence-electron chi connectivity index (χ4n) is 0.738. The molecule has 1 aromatic carbocycles. The van der Waals surface area contributed by atoms with Crippen LogP contribution in [0.2, 0.25) is 5.02 Å². The molecule has 0 aromatic heterocycles. The highest BCUT2D eigenvalue weighted by Crippen LogP contribution is 2.16. The molecule has 0 aliphatic carbocycles. The molecule has 0 aliphatic heterocycles. The van der Waals surface area contributed by atoms with E-state index in [0.717, 1.165) is 10.6 Å². The molecule has 0 bridgehead atoms. The zero-order valence-corrected chi connectivity index (χ0v) is 7.78. The second-order valence-electron chi connectivity index (χ2n) is 2.02. The van der Waals surface area contributed by atoms with Crippen LogP contribution in [0.5, 0.6) is 0 Å². The van der Waals surface area contributed by atoms with Crippen LogP contribution >= 0.6 is 23.6 Å². The fourth-order valence-corrected chi connectivity index (χ4v) is 1.17. The number of hydrogen-bond donors (Lipinski definition) is 0. The Morgan fingerprint density at radius 1 is 1.45 bits per heavy atom. The Kier molecular flexibility index (Phi) is 3.77. The normalized spacial score (nSPS) is 10.0. The van der Waals surface area contributed by atoms with Crippen molar-refractivity contribution in [3.05, 3.63) is 34.9 Å². The van der Waals surface area contributed by atoms with E-state index in [0.29, 0.717) is 6.61 Å². The minimum absolute atomic E-state index is 0.570. The summed E-state index contributed by atoms with van der Waals surface area (Å²) < 4.78 is 5.13. The van der Waals surface area contributed by atoms with Crippen molar-refractivity contribution in [3.8, 4) is 0 Å². The molecule has 60 valence electrons. The van der Waals surface area contributed by atoms with Crippen molar-refractivity contribution in [1.82, 2.24) is 0 Å². The standard InChI is InChI=1S/C8H9ClOS/c1-11-10-6-7-4-2-3-5-8(7)9/h2-5H,6H2,1H3. The van der Waals surface area contributed by atoms with Crippen LogP contribution in [0.3, 0.4) is 0 Å². The molecule has 1 nitrogen and oxygen atoms in total. The van der Waals surface area contributed by atoms with Crippen LogP contribution in [-0.2, 0) is 10.8 Å². The van der Waals surface area contributed by atoms with Gasteiger partial charge in [0, 0.05) is 11.3 Å². The molecule has 0 heterocycles. The van der Waals surface area contributed by atoms with Crippen molar-refractivity contribution in [3.63, 3.8) is 0 Å². The van der Waals surface area contributed by atoms with Gasteiger partial charge in [0.05, 0.1) is 6.61 Å². The summed E-state index contributed by atoms with van der Waals surface area (Å²) in [5.74, 6) is 0. The van der Waals surface area contributed by atoms with Crippen LogP contribution in [-0.4, -0.2) is 6.26 Å². The summed E-state index contributed by atoms with van der Waals surface area (Å²) in [4.78, 5) is 0. The lowest BCUT2D eigenvalue weighted by molar-refractivity contribution is 0.366. The molecule has 3 heteroatoms. The van der Waals surface area contributed by atoms with Gasteiger partial charge < -0.3 is 4.18 Å². The molecule has 1 aromatic rings. The third-order valence-electron chi connectivity index (χ3n) is 1.29. The SMILES string of the molecule is CSOCc1ccccc1Cl. The summed E-state index contributed by atoms with van der Waals surface area (Å²) in [6.07, 6.45) is 1.89. The molecular formula is C8H9ClOS. The average molecular weight is 189 g/mol. The first kappa shape index (κ1) is 8.91. The fraction of sp³-hybridized carbons (Fsp3) is 0.250. The first-order chi connectivity index (χ1) is 5.34. The maximum atomic E-state index is 5.87. The van der Waals surface area contributed by atoms with Gasteiger partial charge in [0.2, 0.25) is 0 Å². The zero-order chi connectivity index (χ0) is 8.10. The lowest BCUT2D eigenvalue weighted by Gasteiger charge is -2.01. The first-order valence-electron chi connectivity index (χ1n) is 3.23. The predicted molar refractivity (Wildman–Crippen MR) is 49.8 cm³/mol. The number of rotatable bonds is 3. The number of halogens is 1. The quantitative estimate of drug-likeness (QED) is 0.675. The molecule has 0 aliphatic rings. The van der Waals surface area contributed by atoms with Gasteiger partial charge in [0.15, 0.2) is 0 Å². The van der Waals surface area contributed by atoms with Crippen LogP contribution in [0, 0.1) is 0 Å². The van der Waals surface area contributed by atoms with Crippen LogP contribution in [0.25, 0.3) is 0 Å². The van der Waals surface area contributed by atoms with Crippen LogP contribution in [0.1, 0.15) is 5.56 Å². The Morgan fingerprint density at radius 2 is 2.18 bits per heavy atom. The van der Waals surface area contributed by atoms with E-state index < -0.39 is 0 Å². The Labute approximate surface area is 75.9 Å². The Balaban J connectivity index is 2.62. The lowest BCUT2D eigenvalue weighted by Crippen LogP contribution is -1.85. The minimum Gasteiger partial charge on any atom is -0.311 e. The lowest BCUT2D eigenvalue weighted by atomic mass is 10.2. The Morgan fingerprint density at radius 3 is 2.82 bits per heavy atom. The van der Waals surface area contributed by atoms with E-state index in [1.807, 2.05) is 30.5 Å². The summed E-state index contributed by atoms with van der Waals surface area (Å²) >= 11 is 7.22. The van der Waals surface area contributed by atoms with Crippen molar-refractivity contribution in [2.24, 2.45) is 0 Å². The molecule has 0 atom stereocenters. The van der Waals surface area contributed by atoms with Crippen molar-refractivity contribution in [1.29, 1.82) is 0 Å². The van der Waals surface area contributed by atoms with Gasteiger partial charge in [-0.1, -0.05) is 29.8 Å². The van der Waals surface area contributed by atoms with Crippen molar-refractivity contribution in [2.45, 2.75) is 6.61 Å². The summed E-state index contributed by atoms with van der Waals surface area (Å²) in [5, 5.41) is 0.765. The molecule has 1 rings (SSSR count). The van der Waals surface area contributed by atoms with E-state index in [1.165, 1.54) is 12.0 Å². The first-order valence-corrected chi connectivity index (χ1v) is 4.76. The van der Waals surface area contributed by atoms with Gasteiger partial charge >= 0.3 is 0 Å². The second kappa shape index (κ2) is 4.65. The van der Waals surface area contributed by atoms with E-state index >= 15 is 0 Å². The highest BCUT2D eigenvalue weighted by atomic mass is 35.5. The van der Waals surface area contributed by atoms with Gasteiger partial charge in [-0.3, -0.25) is 0 Å². The molecule has 0 spiro atoms. The largest absolute Gasteiger partial charge is 0.311 e. The van der Waals surface area contributed by atoms with Crippen LogP contribution in [0.4, 0.5) is 0 Å². The van der Waals surface area contributed by atoms with E-state index in [-0.39, 0.29) is 0 Å². The maximum Gasteiger partial charge on any atom is 0.0878 e. The molecule has 0 unspecified atom stereocenters. The molecule has 0 amide bonds. The van der Waals surface area contributed by atoms with Gasteiger partial charge in [-0.25, -0.2) is 0 Å². The molecular weight excluding hydrogens is 180 g/mol. The number of benzene rings is 1. The third kappa shape index (κ3) is 2.73. The molecule has 11 heavy (non-hydrogen) atoms. The van der Waals surface area contributed by atoms with Crippen molar-refractivity contribution < 1.29 is 4.18 Å². The second-order valence-corrected chi connectivity index (χ2v) is 3.00. The summed E-state index contributed by atoms with van der Waals surface area (Å²) in [7, 11) is 0. The van der Waals surface area contributed by atoms with E-state index in [1.54, 1.807) is 0 Å². The van der Waals surface area contributed by atoms with Gasteiger partial charge in [-0.15, -0.1) is 0 Å². The maximum absolute atomic E-state index is 5.87. The van der Waals surface area contributed by atoms with E-state index in [2.05, 4.69) is 0 Å². The van der Waals surface area contributed by atoms with E-state index in [9.17, 15) is 0 Å². The van der Waals surface area contributed by atoms with Crippen LogP contribution in [0.15, 0.2) is 24.3 Å². The Hall–Kier alpha value is -0.180. The smallest absolute Gasteiger partial charge is 0.0878 e. The predicted octanol–water partition coefficient (Wildman–Crippen LogP) is 3.13. The van der Waals surface area contributed by atoms with Crippen LogP contribution < -0.4 is 0 Å². The highest BCUT2D eigenvalue weighted by Gasteiger charge is 1.96. The molecule has 0 saturated heterocycles. The summed E-state index contributed by atoms with van der Waals surface area (Å²) in [6.45, 7) is 0.570. The highest BCUT2D eigenvalue weighted by molar-refractivity contribution is 7.93. The number of hydrogen-bond acceptors (Lipinski definition) is 2. The topological polar surface area (TPSA) is 9.23 Å².